The van der Waals surface area contributed by atoms with Gasteiger partial charge in [0.05, 0.1) is 31.5 Å². The maximum absolute atomic E-state index is 10.7. The van der Waals surface area contributed by atoms with Crippen LogP contribution >= 0.6 is 11.6 Å². The second-order valence-corrected chi connectivity index (χ2v) is 5.96. The van der Waals surface area contributed by atoms with E-state index >= 15 is 0 Å². The van der Waals surface area contributed by atoms with E-state index in [4.69, 9.17) is 21.1 Å². The molecule has 1 N–H and O–H groups in total. The molecule has 20 heavy (non-hydrogen) atoms. The first kappa shape index (κ1) is 15.6. The van der Waals surface area contributed by atoms with E-state index in [2.05, 4.69) is 4.90 Å². The average molecular weight is 300 g/mol. The number of ether oxygens (including phenoxy) is 2. The van der Waals surface area contributed by atoms with Crippen molar-refractivity contribution in [1.82, 2.24) is 4.90 Å². The average Bonchev–Trinajstić information content (AvgIpc) is 2.48. The van der Waals surface area contributed by atoms with Gasteiger partial charge in [-0.2, -0.15) is 0 Å². The van der Waals surface area contributed by atoms with E-state index in [0.29, 0.717) is 24.0 Å². The third-order valence-electron chi connectivity index (χ3n) is 3.99. The molecule has 1 atom stereocenters. The molecule has 1 aliphatic rings. The highest BCUT2D eigenvalue weighted by molar-refractivity contribution is 6.32. The maximum Gasteiger partial charge on any atom is 0.137 e. The summed E-state index contributed by atoms with van der Waals surface area (Å²) in [5, 5.41) is 11.3. The summed E-state index contributed by atoms with van der Waals surface area (Å²) in [6.07, 6.45) is -0.619. The molecule has 0 spiro atoms. The Morgan fingerprint density at radius 1 is 1.35 bits per heavy atom. The fourth-order valence-electron chi connectivity index (χ4n) is 2.57. The molecule has 2 rings (SSSR count). The van der Waals surface area contributed by atoms with Crippen molar-refractivity contribution < 1.29 is 14.6 Å². The third-order valence-corrected chi connectivity index (χ3v) is 4.30. The van der Waals surface area contributed by atoms with E-state index in [1.165, 1.54) is 0 Å². The molecule has 1 fully saturated rings. The van der Waals surface area contributed by atoms with E-state index in [9.17, 15) is 5.11 Å². The van der Waals surface area contributed by atoms with Gasteiger partial charge in [0, 0.05) is 18.6 Å². The number of methoxy groups -OCH3 is 1. The van der Waals surface area contributed by atoms with Crippen LogP contribution in [0.15, 0.2) is 18.2 Å². The van der Waals surface area contributed by atoms with E-state index in [1.54, 1.807) is 19.2 Å². The summed E-state index contributed by atoms with van der Waals surface area (Å²) in [6, 6.07) is 5.40. The Labute approximate surface area is 125 Å². The summed E-state index contributed by atoms with van der Waals surface area (Å²) in [4.78, 5) is 2.25. The van der Waals surface area contributed by atoms with Crippen molar-refractivity contribution in [1.29, 1.82) is 0 Å². The molecule has 4 nitrogen and oxygen atoms in total. The van der Waals surface area contributed by atoms with Crippen LogP contribution in [0.3, 0.4) is 0 Å². The quantitative estimate of drug-likeness (QED) is 0.927. The van der Waals surface area contributed by atoms with Gasteiger partial charge in [-0.1, -0.05) is 17.7 Å². The molecule has 0 amide bonds. The van der Waals surface area contributed by atoms with E-state index < -0.39 is 6.10 Å². The Balaban J connectivity index is 2.22. The van der Waals surface area contributed by atoms with Crippen molar-refractivity contribution in [2.75, 3.05) is 33.4 Å². The van der Waals surface area contributed by atoms with Crippen molar-refractivity contribution in [3.63, 3.8) is 0 Å². The molecule has 0 saturated carbocycles. The van der Waals surface area contributed by atoms with Gasteiger partial charge >= 0.3 is 0 Å². The number of aliphatic hydroxyl groups is 1. The van der Waals surface area contributed by atoms with Crippen LogP contribution < -0.4 is 4.74 Å². The predicted octanol–water partition coefficient (Wildman–Crippen LogP) is 2.49. The van der Waals surface area contributed by atoms with Crippen molar-refractivity contribution >= 4 is 11.6 Å². The molecule has 0 aliphatic carbocycles. The van der Waals surface area contributed by atoms with Crippen LogP contribution in [0.2, 0.25) is 5.02 Å². The van der Waals surface area contributed by atoms with Gasteiger partial charge in [-0.3, -0.25) is 4.90 Å². The second kappa shape index (κ2) is 6.31. The van der Waals surface area contributed by atoms with Gasteiger partial charge < -0.3 is 14.6 Å². The number of hydrogen-bond acceptors (Lipinski definition) is 4. The summed E-state index contributed by atoms with van der Waals surface area (Å²) in [7, 11) is 1.57. The highest BCUT2D eigenvalue weighted by Crippen LogP contribution is 2.35. The van der Waals surface area contributed by atoms with Crippen LogP contribution in [-0.4, -0.2) is 49.0 Å². The number of hydrogen-bond donors (Lipinski definition) is 1. The van der Waals surface area contributed by atoms with E-state index in [1.807, 2.05) is 19.9 Å². The minimum atomic E-state index is -0.619. The fraction of sp³-hybridized carbons (Fsp3) is 0.600. The number of rotatable bonds is 4. The molecule has 1 aromatic carbocycles. The topological polar surface area (TPSA) is 41.9 Å². The molecule has 1 unspecified atom stereocenters. The Kier molecular flexibility index (Phi) is 4.91. The molecule has 1 heterocycles. The number of morpholine rings is 1. The first-order valence-electron chi connectivity index (χ1n) is 6.81. The van der Waals surface area contributed by atoms with Crippen LogP contribution in [0.5, 0.6) is 5.75 Å². The Morgan fingerprint density at radius 2 is 2.00 bits per heavy atom. The highest BCUT2D eigenvalue weighted by atomic mass is 35.5. The third kappa shape index (κ3) is 3.09. The van der Waals surface area contributed by atoms with Crippen LogP contribution in [0.25, 0.3) is 0 Å². The zero-order valence-electron chi connectivity index (χ0n) is 12.2. The SMILES string of the molecule is COc1cc(C(O)C(C)(C)N2CCOCC2)ccc1Cl. The van der Waals surface area contributed by atoms with Crippen molar-refractivity contribution in [2.45, 2.75) is 25.5 Å². The van der Waals surface area contributed by atoms with Crippen LogP contribution in [0.1, 0.15) is 25.5 Å². The summed E-state index contributed by atoms with van der Waals surface area (Å²) in [6.45, 7) is 7.16. The smallest absolute Gasteiger partial charge is 0.137 e. The zero-order chi connectivity index (χ0) is 14.8. The van der Waals surface area contributed by atoms with E-state index in [-0.39, 0.29) is 5.54 Å². The van der Waals surface area contributed by atoms with Gasteiger partial charge in [0.25, 0.3) is 0 Å². The van der Waals surface area contributed by atoms with Crippen LogP contribution in [0.4, 0.5) is 0 Å². The van der Waals surface area contributed by atoms with Gasteiger partial charge in [0.1, 0.15) is 5.75 Å². The highest BCUT2D eigenvalue weighted by Gasteiger charge is 2.36. The van der Waals surface area contributed by atoms with Gasteiger partial charge in [0.15, 0.2) is 0 Å². The summed E-state index contributed by atoms with van der Waals surface area (Å²) < 4.78 is 10.6. The van der Waals surface area contributed by atoms with Crippen molar-refractivity contribution in [3.05, 3.63) is 28.8 Å². The lowest BCUT2D eigenvalue weighted by Gasteiger charge is -2.43. The normalized spacial score (nSPS) is 18.9. The van der Waals surface area contributed by atoms with Crippen LogP contribution in [-0.2, 0) is 4.74 Å². The fourth-order valence-corrected chi connectivity index (χ4v) is 2.76. The second-order valence-electron chi connectivity index (χ2n) is 5.55. The minimum Gasteiger partial charge on any atom is -0.495 e. The molecule has 1 saturated heterocycles. The lowest BCUT2D eigenvalue weighted by molar-refractivity contribution is -0.0630. The summed E-state index contributed by atoms with van der Waals surface area (Å²) >= 11 is 6.03. The monoisotopic (exact) mass is 299 g/mol. The lowest BCUT2D eigenvalue weighted by atomic mass is 9.89. The number of halogens is 1. The first-order chi connectivity index (χ1) is 9.46. The summed E-state index contributed by atoms with van der Waals surface area (Å²) in [5.41, 5.74) is 0.436. The van der Waals surface area contributed by atoms with Gasteiger partial charge in [-0.05, 0) is 31.5 Å². The molecular weight excluding hydrogens is 278 g/mol. The first-order valence-corrected chi connectivity index (χ1v) is 7.19. The van der Waals surface area contributed by atoms with Crippen molar-refractivity contribution in [3.8, 4) is 5.75 Å². The Bertz CT molecular complexity index is 458. The van der Waals surface area contributed by atoms with Gasteiger partial charge in [-0.25, -0.2) is 0 Å². The predicted molar refractivity (Wildman–Crippen MR) is 79.4 cm³/mol. The molecular formula is C15H22ClNO3. The summed E-state index contributed by atoms with van der Waals surface area (Å²) in [5.74, 6) is 0.584. The Morgan fingerprint density at radius 3 is 2.60 bits per heavy atom. The van der Waals surface area contributed by atoms with Crippen LogP contribution in [0, 0.1) is 0 Å². The molecule has 0 bridgehead atoms. The maximum atomic E-state index is 10.7. The molecule has 112 valence electrons. The molecule has 1 aliphatic heterocycles. The number of nitrogens with zero attached hydrogens (tertiary/aromatic N) is 1. The molecule has 0 aromatic heterocycles. The van der Waals surface area contributed by atoms with E-state index in [0.717, 1.165) is 18.7 Å². The van der Waals surface area contributed by atoms with Crippen molar-refractivity contribution in [2.24, 2.45) is 0 Å². The largest absolute Gasteiger partial charge is 0.495 e. The number of benzene rings is 1. The molecule has 0 radical (unpaired) electrons. The lowest BCUT2D eigenvalue weighted by Crippen LogP contribution is -2.53. The minimum absolute atomic E-state index is 0.372. The van der Waals surface area contributed by atoms with Gasteiger partial charge in [-0.15, -0.1) is 0 Å². The number of aliphatic hydroxyl groups excluding tert-OH is 1. The zero-order valence-corrected chi connectivity index (χ0v) is 13.0. The Hall–Kier alpha value is -0.810. The standard InChI is InChI=1S/C15H22ClNO3/c1-15(2,17-6-8-20-9-7-17)14(18)11-4-5-12(16)13(10-11)19-3/h4-5,10,14,18H,6-9H2,1-3H3. The molecule has 5 heteroatoms. The van der Waals surface area contributed by atoms with Gasteiger partial charge in [0.2, 0.25) is 0 Å². The molecule has 1 aromatic rings.